The molecule has 3 aromatic rings. The highest BCUT2D eigenvalue weighted by molar-refractivity contribution is 6.31. The summed E-state index contributed by atoms with van der Waals surface area (Å²) in [5.74, 6) is -0.162. The lowest BCUT2D eigenvalue weighted by Gasteiger charge is -2.27. The zero-order valence-electron chi connectivity index (χ0n) is 19.1. The lowest BCUT2D eigenvalue weighted by molar-refractivity contribution is 0.122. The van der Waals surface area contributed by atoms with Crippen molar-refractivity contribution in [3.8, 4) is 0 Å². The third-order valence-electron chi connectivity index (χ3n) is 4.99. The lowest BCUT2D eigenvalue weighted by Crippen LogP contribution is -2.37. The number of azo groups is 1. The maximum absolute atomic E-state index is 14.1. The van der Waals surface area contributed by atoms with Crippen molar-refractivity contribution in [1.82, 2.24) is 19.9 Å². The van der Waals surface area contributed by atoms with Crippen molar-refractivity contribution in [3.63, 3.8) is 0 Å². The third kappa shape index (κ3) is 6.66. The molecule has 34 heavy (non-hydrogen) atoms. The molecule has 2 aromatic heterocycles. The molecule has 0 amide bonds. The van der Waals surface area contributed by atoms with Crippen LogP contribution in [-0.4, -0.2) is 60.3 Å². The molecule has 0 radical (unpaired) electrons. The molecule has 1 saturated heterocycles. The predicted octanol–water partition coefficient (Wildman–Crippen LogP) is 4.59. The first-order valence-corrected chi connectivity index (χ1v) is 11.2. The molecule has 4 rings (SSSR count). The van der Waals surface area contributed by atoms with Gasteiger partial charge in [0.1, 0.15) is 6.54 Å². The molecule has 11 heteroatoms. The molecule has 178 valence electrons. The number of benzene rings is 1. The molecule has 0 atom stereocenters. The maximum atomic E-state index is 14.1. The molecule has 0 bridgehead atoms. The monoisotopic (exact) mass is 484 g/mol. The van der Waals surface area contributed by atoms with Crippen LogP contribution in [0.5, 0.6) is 0 Å². The van der Waals surface area contributed by atoms with Crippen molar-refractivity contribution in [3.05, 3.63) is 64.8 Å². The Bertz CT molecular complexity index is 1140. The molecular weight excluding hydrogens is 459 g/mol. The Morgan fingerprint density at radius 2 is 1.94 bits per heavy atom. The fraction of sp³-hybridized carbons (Fsp3) is 0.348. The van der Waals surface area contributed by atoms with Gasteiger partial charge in [0.2, 0.25) is 0 Å². The molecule has 1 N–H and O–H groups in total. The van der Waals surface area contributed by atoms with Gasteiger partial charge in [-0.15, -0.1) is 5.11 Å². The zero-order valence-corrected chi connectivity index (χ0v) is 19.8. The smallest absolute Gasteiger partial charge is 0.270 e. The van der Waals surface area contributed by atoms with Gasteiger partial charge in [0.15, 0.2) is 11.6 Å². The standard InChI is InChI=1S/C23H26ClFN8O/c1-32(2)15-16-9-17(24)11-20(10-16)29-19-4-3-18(26-12-19)13-28-31-23-27-14-21(25)22(30-23)33-5-7-34-8-6-33/h3-4,9-12,14,29H,5-8,13,15H2,1-2H3. The number of hydrogen-bond acceptors (Lipinski definition) is 9. The van der Waals surface area contributed by atoms with Crippen LogP contribution in [0.1, 0.15) is 11.3 Å². The maximum Gasteiger partial charge on any atom is 0.270 e. The van der Waals surface area contributed by atoms with Crippen molar-refractivity contribution in [2.24, 2.45) is 10.2 Å². The number of nitrogens with zero attached hydrogens (tertiary/aromatic N) is 7. The number of ether oxygens (including phenoxy) is 1. The molecule has 1 fully saturated rings. The minimum atomic E-state index is -0.487. The van der Waals surface area contributed by atoms with E-state index in [0.717, 1.165) is 35.4 Å². The summed E-state index contributed by atoms with van der Waals surface area (Å²) in [7, 11) is 4.03. The van der Waals surface area contributed by atoms with Crippen LogP contribution in [0.3, 0.4) is 0 Å². The van der Waals surface area contributed by atoms with E-state index in [4.69, 9.17) is 16.3 Å². The zero-order chi connectivity index (χ0) is 23.9. The van der Waals surface area contributed by atoms with Gasteiger partial charge in [-0.1, -0.05) is 11.6 Å². The molecular formula is C23H26ClFN8O. The van der Waals surface area contributed by atoms with Gasteiger partial charge in [-0.25, -0.2) is 9.37 Å². The summed E-state index contributed by atoms with van der Waals surface area (Å²) in [6.07, 6.45) is 2.84. The summed E-state index contributed by atoms with van der Waals surface area (Å²) in [5.41, 5.74) is 3.56. The molecule has 0 aliphatic carbocycles. The third-order valence-corrected chi connectivity index (χ3v) is 5.20. The topological polar surface area (TPSA) is 91.1 Å². The highest BCUT2D eigenvalue weighted by atomic mass is 35.5. The fourth-order valence-corrected chi connectivity index (χ4v) is 3.76. The highest BCUT2D eigenvalue weighted by Crippen LogP contribution is 2.24. The molecule has 0 unspecified atom stereocenters. The van der Waals surface area contributed by atoms with E-state index in [-0.39, 0.29) is 18.3 Å². The number of hydrogen-bond donors (Lipinski definition) is 1. The van der Waals surface area contributed by atoms with Gasteiger partial charge in [0.25, 0.3) is 5.95 Å². The minimum Gasteiger partial charge on any atom is -0.378 e. The van der Waals surface area contributed by atoms with Crippen LogP contribution in [0, 0.1) is 5.82 Å². The number of morpholine rings is 1. The summed E-state index contributed by atoms with van der Waals surface area (Å²) < 4.78 is 19.4. The SMILES string of the molecule is CN(C)Cc1cc(Cl)cc(Nc2ccc(CN=Nc3ncc(F)c(N4CCOCC4)n3)nc2)c1. The van der Waals surface area contributed by atoms with Crippen LogP contribution < -0.4 is 10.2 Å². The van der Waals surface area contributed by atoms with E-state index in [9.17, 15) is 4.39 Å². The Kier molecular flexibility index (Phi) is 7.94. The van der Waals surface area contributed by atoms with Crippen molar-refractivity contribution in [1.29, 1.82) is 0 Å². The van der Waals surface area contributed by atoms with Gasteiger partial charge >= 0.3 is 0 Å². The van der Waals surface area contributed by atoms with E-state index >= 15 is 0 Å². The summed E-state index contributed by atoms with van der Waals surface area (Å²) in [6, 6.07) is 9.65. The number of rotatable bonds is 8. The summed E-state index contributed by atoms with van der Waals surface area (Å²) in [4.78, 5) is 16.4. The fourth-order valence-electron chi connectivity index (χ4n) is 3.50. The Morgan fingerprint density at radius 1 is 1.12 bits per heavy atom. The Morgan fingerprint density at radius 3 is 2.68 bits per heavy atom. The molecule has 1 aromatic carbocycles. The van der Waals surface area contributed by atoms with E-state index in [1.54, 1.807) is 6.20 Å². The largest absolute Gasteiger partial charge is 0.378 e. The first-order valence-electron chi connectivity index (χ1n) is 10.8. The quantitative estimate of drug-likeness (QED) is 0.467. The highest BCUT2D eigenvalue weighted by Gasteiger charge is 2.17. The van der Waals surface area contributed by atoms with Crippen LogP contribution in [0.2, 0.25) is 5.02 Å². The second-order valence-corrected chi connectivity index (χ2v) is 8.53. The van der Waals surface area contributed by atoms with Gasteiger partial charge in [0.05, 0.1) is 37.0 Å². The van der Waals surface area contributed by atoms with Gasteiger partial charge in [-0.3, -0.25) is 4.98 Å². The van der Waals surface area contributed by atoms with Crippen LogP contribution in [0.25, 0.3) is 0 Å². The second-order valence-electron chi connectivity index (χ2n) is 8.09. The minimum absolute atomic E-state index is 0.107. The number of anilines is 3. The van der Waals surface area contributed by atoms with Gasteiger partial charge in [-0.2, -0.15) is 10.1 Å². The normalized spacial score (nSPS) is 14.2. The van der Waals surface area contributed by atoms with Crippen LogP contribution in [-0.2, 0) is 17.8 Å². The van der Waals surface area contributed by atoms with Crippen molar-refractivity contribution < 1.29 is 9.13 Å². The Labute approximate surface area is 202 Å². The molecule has 0 saturated carbocycles. The van der Waals surface area contributed by atoms with Crippen molar-refractivity contribution in [2.75, 3.05) is 50.6 Å². The first-order chi connectivity index (χ1) is 16.5. The van der Waals surface area contributed by atoms with Gasteiger partial charge < -0.3 is 19.9 Å². The van der Waals surface area contributed by atoms with E-state index in [1.807, 2.05) is 43.3 Å². The van der Waals surface area contributed by atoms with E-state index < -0.39 is 5.82 Å². The molecule has 0 spiro atoms. The van der Waals surface area contributed by atoms with Crippen molar-refractivity contribution >= 4 is 34.7 Å². The Hall–Kier alpha value is -3.21. The average Bonchev–Trinajstić information content (AvgIpc) is 2.81. The number of nitrogens with one attached hydrogen (secondary N) is 1. The van der Waals surface area contributed by atoms with Crippen molar-refractivity contribution in [2.45, 2.75) is 13.1 Å². The van der Waals surface area contributed by atoms with Gasteiger partial charge in [0, 0.05) is 30.3 Å². The Balaban J connectivity index is 1.37. The second kappa shape index (κ2) is 11.3. The average molecular weight is 485 g/mol. The van der Waals surface area contributed by atoms with E-state index in [1.165, 1.54) is 0 Å². The molecule has 3 heterocycles. The number of aromatic nitrogens is 3. The summed E-state index contributed by atoms with van der Waals surface area (Å²) in [5, 5.41) is 12.2. The van der Waals surface area contributed by atoms with Crippen LogP contribution in [0.4, 0.5) is 27.5 Å². The summed E-state index contributed by atoms with van der Waals surface area (Å²) in [6.45, 7) is 3.25. The lowest BCUT2D eigenvalue weighted by atomic mass is 10.2. The number of pyridine rings is 1. The first kappa shape index (κ1) is 23.9. The van der Waals surface area contributed by atoms with Crippen LogP contribution >= 0.6 is 11.6 Å². The summed E-state index contributed by atoms with van der Waals surface area (Å²) >= 11 is 6.26. The van der Waals surface area contributed by atoms with Gasteiger partial charge in [-0.05, 0) is 50.0 Å². The van der Waals surface area contributed by atoms with E-state index in [2.05, 4.69) is 41.5 Å². The predicted molar refractivity (Wildman–Crippen MR) is 130 cm³/mol. The van der Waals surface area contributed by atoms with E-state index in [0.29, 0.717) is 31.3 Å². The van der Waals surface area contributed by atoms with Crippen LogP contribution in [0.15, 0.2) is 53.0 Å². The molecule has 1 aliphatic heterocycles. The molecule has 1 aliphatic rings. The molecule has 9 nitrogen and oxygen atoms in total. The number of halogens is 2.